The summed E-state index contributed by atoms with van der Waals surface area (Å²) in [5.41, 5.74) is 1.40. The average Bonchev–Trinajstić information content (AvgIpc) is 3.01. The van der Waals surface area contributed by atoms with E-state index in [0.717, 1.165) is 5.69 Å². The molecule has 0 aliphatic carbocycles. The lowest BCUT2D eigenvalue weighted by molar-refractivity contribution is -0.141. The summed E-state index contributed by atoms with van der Waals surface area (Å²) in [6.45, 7) is 1.93. The van der Waals surface area contributed by atoms with E-state index in [1.54, 1.807) is 25.1 Å². The summed E-state index contributed by atoms with van der Waals surface area (Å²) in [5.74, 6) is -1.70. The summed E-state index contributed by atoms with van der Waals surface area (Å²) in [5, 5.41) is 11.6. The number of aromatic nitrogens is 1. The first-order chi connectivity index (χ1) is 10.1. The Kier molecular flexibility index (Phi) is 4.77. The minimum absolute atomic E-state index is 0.137. The number of carbonyl (C=O) groups is 2. The zero-order valence-electron chi connectivity index (χ0n) is 11.8. The predicted octanol–water partition coefficient (Wildman–Crippen LogP) is 2.32. The molecule has 0 radical (unpaired) electrons. The van der Waals surface area contributed by atoms with Crippen LogP contribution in [0.2, 0.25) is 0 Å². The Labute approximate surface area is 123 Å². The SMILES string of the molecule is CCC(CNC(=O)c1cccc(-n2cccc2)c1)C(=O)O. The highest BCUT2D eigenvalue weighted by atomic mass is 16.4. The van der Waals surface area contributed by atoms with Gasteiger partial charge in [-0.25, -0.2) is 0 Å². The van der Waals surface area contributed by atoms with Gasteiger partial charge in [0.25, 0.3) is 5.91 Å². The van der Waals surface area contributed by atoms with E-state index in [0.29, 0.717) is 12.0 Å². The lowest BCUT2D eigenvalue weighted by atomic mass is 10.1. The zero-order valence-corrected chi connectivity index (χ0v) is 11.8. The normalized spacial score (nSPS) is 11.9. The van der Waals surface area contributed by atoms with Crippen LogP contribution in [0.1, 0.15) is 23.7 Å². The van der Waals surface area contributed by atoms with E-state index in [2.05, 4.69) is 5.32 Å². The molecule has 0 bridgehead atoms. The molecule has 0 saturated carbocycles. The largest absolute Gasteiger partial charge is 0.481 e. The van der Waals surface area contributed by atoms with Gasteiger partial charge in [-0.2, -0.15) is 0 Å². The van der Waals surface area contributed by atoms with Crippen molar-refractivity contribution < 1.29 is 14.7 Å². The summed E-state index contributed by atoms with van der Waals surface area (Å²) >= 11 is 0. The molecule has 1 unspecified atom stereocenters. The molecule has 2 aromatic rings. The Bertz CT molecular complexity index is 620. The van der Waals surface area contributed by atoms with E-state index in [-0.39, 0.29) is 12.5 Å². The number of nitrogens with one attached hydrogen (secondary N) is 1. The summed E-state index contributed by atoms with van der Waals surface area (Å²) in [7, 11) is 0. The molecular weight excluding hydrogens is 268 g/mol. The third-order valence-electron chi connectivity index (χ3n) is 3.36. The number of rotatable bonds is 6. The van der Waals surface area contributed by atoms with Gasteiger partial charge in [0.05, 0.1) is 5.92 Å². The zero-order chi connectivity index (χ0) is 15.2. The monoisotopic (exact) mass is 286 g/mol. The van der Waals surface area contributed by atoms with E-state index >= 15 is 0 Å². The molecule has 0 aliphatic heterocycles. The first kappa shape index (κ1) is 14.8. The first-order valence-electron chi connectivity index (χ1n) is 6.86. The van der Waals surface area contributed by atoms with Gasteiger partial charge in [0, 0.05) is 30.2 Å². The summed E-state index contributed by atoms with van der Waals surface area (Å²) < 4.78 is 1.91. The van der Waals surface area contributed by atoms with Crippen molar-refractivity contribution in [3.63, 3.8) is 0 Å². The van der Waals surface area contributed by atoms with Gasteiger partial charge in [-0.05, 0) is 36.8 Å². The highest BCUT2D eigenvalue weighted by molar-refractivity contribution is 5.94. The number of amides is 1. The second-order valence-electron chi connectivity index (χ2n) is 4.79. The molecule has 0 saturated heterocycles. The summed E-state index contributed by atoms with van der Waals surface area (Å²) in [4.78, 5) is 23.0. The smallest absolute Gasteiger partial charge is 0.308 e. The Morgan fingerprint density at radius 2 is 1.95 bits per heavy atom. The Hall–Kier alpha value is -2.56. The fourth-order valence-electron chi connectivity index (χ4n) is 2.04. The van der Waals surface area contributed by atoms with Gasteiger partial charge in [0.1, 0.15) is 0 Å². The molecule has 1 heterocycles. The molecule has 110 valence electrons. The van der Waals surface area contributed by atoms with E-state index in [1.807, 2.05) is 35.2 Å². The van der Waals surface area contributed by atoms with Crippen molar-refractivity contribution in [3.8, 4) is 5.69 Å². The molecule has 1 atom stereocenters. The third-order valence-corrected chi connectivity index (χ3v) is 3.36. The average molecular weight is 286 g/mol. The van der Waals surface area contributed by atoms with Crippen molar-refractivity contribution in [1.82, 2.24) is 9.88 Å². The first-order valence-corrected chi connectivity index (χ1v) is 6.86. The molecule has 5 nitrogen and oxygen atoms in total. The number of carbonyl (C=O) groups excluding carboxylic acids is 1. The van der Waals surface area contributed by atoms with Crippen LogP contribution < -0.4 is 5.32 Å². The minimum atomic E-state index is -0.890. The molecule has 5 heteroatoms. The van der Waals surface area contributed by atoms with Crippen LogP contribution in [0.25, 0.3) is 5.69 Å². The molecule has 1 aromatic heterocycles. The van der Waals surface area contributed by atoms with Crippen molar-refractivity contribution in [2.45, 2.75) is 13.3 Å². The highest BCUT2D eigenvalue weighted by Gasteiger charge is 2.16. The summed E-state index contributed by atoms with van der Waals surface area (Å²) in [6.07, 6.45) is 4.28. The molecule has 0 aliphatic rings. The van der Waals surface area contributed by atoms with Crippen molar-refractivity contribution >= 4 is 11.9 Å². The van der Waals surface area contributed by atoms with Crippen molar-refractivity contribution in [1.29, 1.82) is 0 Å². The molecule has 2 rings (SSSR count). The fourth-order valence-corrected chi connectivity index (χ4v) is 2.04. The maximum atomic E-state index is 12.1. The minimum Gasteiger partial charge on any atom is -0.481 e. The van der Waals surface area contributed by atoms with Crippen molar-refractivity contribution in [3.05, 3.63) is 54.4 Å². The Balaban J connectivity index is 2.06. The topological polar surface area (TPSA) is 71.3 Å². The van der Waals surface area contributed by atoms with Gasteiger partial charge in [-0.1, -0.05) is 13.0 Å². The second-order valence-corrected chi connectivity index (χ2v) is 4.79. The quantitative estimate of drug-likeness (QED) is 0.856. The summed E-state index contributed by atoms with van der Waals surface area (Å²) in [6, 6.07) is 11.0. The Morgan fingerprint density at radius 1 is 1.24 bits per heavy atom. The Morgan fingerprint density at radius 3 is 2.57 bits per heavy atom. The molecule has 0 fully saturated rings. The van der Waals surface area contributed by atoms with Gasteiger partial charge < -0.3 is 15.0 Å². The number of aliphatic carboxylic acids is 1. The highest BCUT2D eigenvalue weighted by Crippen LogP contribution is 2.11. The van der Waals surface area contributed by atoms with E-state index in [1.165, 1.54) is 0 Å². The van der Waals surface area contributed by atoms with Crippen LogP contribution in [0.3, 0.4) is 0 Å². The molecule has 1 amide bonds. The predicted molar refractivity (Wildman–Crippen MR) is 79.5 cm³/mol. The van der Waals surface area contributed by atoms with E-state index in [9.17, 15) is 9.59 Å². The molecular formula is C16H18N2O3. The van der Waals surface area contributed by atoms with Crippen LogP contribution in [0.4, 0.5) is 0 Å². The van der Waals surface area contributed by atoms with Gasteiger partial charge in [-0.3, -0.25) is 9.59 Å². The number of hydrogen-bond donors (Lipinski definition) is 2. The van der Waals surface area contributed by atoms with Crippen molar-refractivity contribution in [2.75, 3.05) is 6.54 Å². The molecule has 21 heavy (non-hydrogen) atoms. The van der Waals surface area contributed by atoms with Crippen LogP contribution in [-0.4, -0.2) is 28.1 Å². The number of carboxylic acids is 1. The van der Waals surface area contributed by atoms with Crippen LogP contribution in [0.5, 0.6) is 0 Å². The lowest BCUT2D eigenvalue weighted by Crippen LogP contribution is -2.32. The second kappa shape index (κ2) is 6.74. The lowest BCUT2D eigenvalue weighted by Gasteiger charge is -2.11. The van der Waals surface area contributed by atoms with Crippen LogP contribution in [-0.2, 0) is 4.79 Å². The van der Waals surface area contributed by atoms with Crippen LogP contribution >= 0.6 is 0 Å². The maximum Gasteiger partial charge on any atom is 0.308 e. The van der Waals surface area contributed by atoms with Crippen LogP contribution in [0, 0.1) is 5.92 Å². The van der Waals surface area contributed by atoms with Gasteiger partial charge in [-0.15, -0.1) is 0 Å². The van der Waals surface area contributed by atoms with E-state index < -0.39 is 11.9 Å². The van der Waals surface area contributed by atoms with Gasteiger partial charge in [0.2, 0.25) is 0 Å². The number of nitrogens with zero attached hydrogens (tertiary/aromatic N) is 1. The molecule has 0 spiro atoms. The van der Waals surface area contributed by atoms with E-state index in [4.69, 9.17) is 5.11 Å². The fraction of sp³-hybridized carbons (Fsp3) is 0.250. The van der Waals surface area contributed by atoms with Crippen molar-refractivity contribution in [2.24, 2.45) is 5.92 Å². The number of carboxylic acid groups (broad SMARTS) is 1. The maximum absolute atomic E-state index is 12.1. The molecule has 2 N–H and O–H groups in total. The number of hydrogen-bond acceptors (Lipinski definition) is 2. The third kappa shape index (κ3) is 3.72. The van der Waals surface area contributed by atoms with Gasteiger partial charge >= 0.3 is 5.97 Å². The number of benzene rings is 1. The molecule has 1 aromatic carbocycles. The van der Waals surface area contributed by atoms with Crippen LogP contribution in [0.15, 0.2) is 48.8 Å². The standard InChI is InChI=1S/C16H18N2O3/c1-2-12(16(20)21)11-17-15(19)13-6-5-7-14(10-13)18-8-3-4-9-18/h3-10,12H,2,11H2,1H3,(H,17,19)(H,20,21). The van der Waals surface area contributed by atoms with Gasteiger partial charge in [0.15, 0.2) is 0 Å².